The van der Waals surface area contributed by atoms with Gasteiger partial charge >= 0.3 is 0 Å². The van der Waals surface area contributed by atoms with Crippen LogP contribution in [0.5, 0.6) is 0 Å². The predicted molar refractivity (Wildman–Crippen MR) is 58.6 cm³/mol. The van der Waals surface area contributed by atoms with Crippen LogP contribution < -0.4 is 5.32 Å². The molecule has 0 radical (unpaired) electrons. The normalized spacial score (nSPS) is 9.75. The average molecular weight is 216 g/mol. The third kappa shape index (κ3) is 2.01. The molecule has 0 amide bonds. The molecule has 4 nitrogen and oxygen atoms in total. The van der Waals surface area contributed by atoms with Crippen molar-refractivity contribution < 1.29 is 4.39 Å². The van der Waals surface area contributed by atoms with Gasteiger partial charge in [0.1, 0.15) is 18.3 Å². The molecule has 0 bridgehead atoms. The largest absolute Gasteiger partial charge is 0.374 e. The van der Waals surface area contributed by atoms with Crippen molar-refractivity contribution in [2.75, 3.05) is 11.9 Å². The highest BCUT2D eigenvalue weighted by Gasteiger charge is 2.05. The predicted octanol–water partition coefficient (Wildman–Crippen LogP) is 1.45. The molecule has 0 spiro atoms. The van der Waals surface area contributed by atoms with Crippen molar-refractivity contribution in [2.45, 2.75) is 0 Å². The maximum Gasteiger partial charge on any atom is 0.150 e. The summed E-state index contributed by atoms with van der Waals surface area (Å²) in [5.74, 6) is 2.03. The van der Waals surface area contributed by atoms with E-state index in [0.717, 1.165) is 0 Å². The second-order valence-corrected chi connectivity index (χ2v) is 3.06. The number of terminal acetylenes is 1. The van der Waals surface area contributed by atoms with E-state index in [1.54, 1.807) is 12.1 Å². The maximum absolute atomic E-state index is 13.7. The molecule has 16 heavy (non-hydrogen) atoms. The summed E-state index contributed by atoms with van der Waals surface area (Å²) in [5, 5.41) is 6.74. The van der Waals surface area contributed by atoms with Crippen molar-refractivity contribution >= 4 is 5.69 Å². The number of benzene rings is 1. The number of nitrogens with zero attached hydrogens (tertiary/aromatic N) is 3. The van der Waals surface area contributed by atoms with E-state index in [9.17, 15) is 4.39 Å². The topological polar surface area (TPSA) is 42.7 Å². The van der Waals surface area contributed by atoms with Crippen LogP contribution in [0.4, 0.5) is 10.1 Å². The maximum atomic E-state index is 13.7. The molecule has 0 aliphatic rings. The number of aromatic nitrogens is 3. The lowest BCUT2D eigenvalue weighted by atomic mass is 10.2. The molecule has 0 atom stereocenters. The van der Waals surface area contributed by atoms with Crippen LogP contribution in [0.15, 0.2) is 30.9 Å². The van der Waals surface area contributed by atoms with Gasteiger partial charge in [-0.3, -0.25) is 0 Å². The molecule has 1 aromatic heterocycles. The Hall–Kier alpha value is -2.35. The molecule has 0 aliphatic heterocycles. The molecule has 0 aliphatic carbocycles. The fourth-order valence-electron chi connectivity index (χ4n) is 1.29. The zero-order chi connectivity index (χ0) is 11.4. The van der Waals surface area contributed by atoms with Crippen LogP contribution in [-0.2, 0) is 0 Å². The summed E-state index contributed by atoms with van der Waals surface area (Å²) in [7, 11) is 0. The molecule has 0 unspecified atom stereocenters. The fourth-order valence-corrected chi connectivity index (χ4v) is 1.29. The van der Waals surface area contributed by atoms with Gasteiger partial charge in [0.05, 0.1) is 6.54 Å². The first-order valence-corrected chi connectivity index (χ1v) is 4.63. The number of anilines is 1. The van der Waals surface area contributed by atoms with Crippen LogP contribution in [0.25, 0.3) is 5.69 Å². The van der Waals surface area contributed by atoms with Crippen LogP contribution in [0, 0.1) is 18.2 Å². The van der Waals surface area contributed by atoms with Crippen LogP contribution in [-0.4, -0.2) is 21.3 Å². The first kappa shape index (κ1) is 10.2. The summed E-state index contributed by atoms with van der Waals surface area (Å²) in [6, 6.07) is 4.72. The van der Waals surface area contributed by atoms with Crippen LogP contribution in [0.2, 0.25) is 0 Å². The van der Waals surface area contributed by atoms with E-state index in [-0.39, 0.29) is 5.82 Å². The Balaban J connectivity index is 2.27. The number of hydrogen-bond donors (Lipinski definition) is 1. The van der Waals surface area contributed by atoms with Gasteiger partial charge in [0.15, 0.2) is 5.82 Å². The lowest BCUT2D eigenvalue weighted by molar-refractivity contribution is 0.611. The van der Waals surface area contributed by atoms with Crippen molar-refractivity contribution in [3.8, 4) is 18.0 Å². The van der Waals surface area contributed by atoms with Crippen molar-refractivity contribution in [1.82, 2.24) is 14.8 Å². The van der Waals surface area contributed by atoms with E-state index in [1.807, 2.05) is 0 Å². The van der Waals surface area contributed by atoms with Gasteiger partial charge in [-0.05, 0) is 18.2 Å². The molecule has 1 N–H and O–H groups in total. The monoisotopic (exact) mass is 216 g/mol. The Kier molecular flexibility index (Phi) is 2.83. The average Bonchev–Trinajstić information content (AvgIpc) is 2.80. The second-order valence-electron chi connectivity index (χ2n) is 3.06. The molecule has 1 heterocycles. The lowest BCUT2D eigenvalue weighted by Crippen LogP contribution is -2.02. The van der Waals surface area contributed by atoms with Crippen molar-refractivity contribution in [2.24, 2.45) is 0 Å². The van der Waals surface area contributed by atoms with Crippen LogP contribution in [0.1, 0.15) is 0 Å². The molecule has 0 fully saturated rings. The van der Waals surface area contributed by atoms with E-state index in [0.29, 0.717) is 17.9 Å². The third-order valence-corrected chi connectivity index (χ3v) is 2.01. The number of hydrogen-bond acceptors (Lipinski definition) is 3. The Morgan fingerprint density at radius 1 is 1.50 bits per heavy atom. The molecular weight excluding hydrogens is 207 g/mol. The molecule has 2 rings (SSSR count). The first-order valence-electron chi connectivity index (χ1n) is 4.63. The van der Waals surface area contributed by atoms with E-state index in [4.69, 9.17) is 6.42 Å². The van der Waals surface area contributed by atoms with Gasteiger partial charge in [-0.2, -0.15) is 5.10 Å². The highest BCUT2D eigenvalue weighted by molar-refractivity contribution is 5.49. The zero-order valence-corrected chi connectivity index (χ0v) is 8.39. The lowest BCUT2D eigenvalue weighted by Gasteiger charge is -2.06. The number of nitrogens with one attached hydrogen (secondary N) is 1. The Bertz CT molecular complexity index is 513. The Labute approximate surface area is 92.1 Å². The van der Waals surface area contributed by atoms with Gasteiger partial charge in [-0.1, -0.05) is 5.92 Å². The van der Waals surface area contributed by atoms with Crippen LogP contribution >= 0.6 is 0 Å². The van der Waals surface area contributed by atoms with Gasteiger partial charge in [0.25, 0.3) is 0 Å². The fraction of sp³-hybridized carbons (Fsp3) is 0.0909. The van der Waals surface area contributed by atoms with Gasteiger partial charge in [0, 0.05) is 5.69 Å². The van der Waals surface area contributed by atoms with E-state index < -0.39 is 0 Å². The summed E-state index contributed by atoms with van der Waals surface area (Å²) in [4.78, 5) is 3.75. The molecule has 2 aromatic rings. The van der Waals surface area contributed by atoms with Crippen LogP contribution in [0.3, 0.4) is 0 Å². The van der Waals surface area contributed by atoms with E-state index >= 15 is 0 Å². The SMILES string of the molecule is C#CCNc1ccc(-n2cncn2)c(F)c1. The van der Waals surface area contributed by atoms with Crippen molar-refractivity contribution in [1.29, 1.82) is 0 Å². The zero-order valence-electron chi connectivity index (χ0n) is 8.39. The highest BCUT2D eigenvalue weighted by Crippen LogP contribution is 2.16. The molecule has 80 valence electrons. The standard InChI is InChI=1S/C11H9FN4/c1-2-5-14-9-3-4-11(10(12)6-9)16-8-13-7-15-16/h1,3-4,6-8,14H,5H2. The summed E-state index contributed by atoms with van der Waals surface area (Å²) in [6.45, 7) is 0.363. The van der Waals surface area contributed by atoms with Gasteiger partial charge in [-0.25, -0.2) is 14.1 Å². The number of rotatable bonds is 3. The van der Waals surface area contributed by atoms with Gasteiger partial charge in [-0.15, -0.1) is 6.42 Å². The Morgan fingerprint density at radius 2 is 2.38 bits per heavy atom. The molecule has 0 saturated heterocycles. The third-order valence-electron chi connectivity index (χ3n) is 2.01. The summed E-state index contributed by atoms with van der Waals surface area (Å²) >= 11 is 0. The second kappa shape index (κ2) is 4.45. The molecule has 0 saturated carbocycles. The summed E-state index contributed by atoms with van der Waals surface area (Å²) < 4.78 is 15.0. The quantitative estimate of drug-likeness (QED) is 0.790. The minimum atomic E-state index is -0.382. The van der Waals surface area contributed by atoms with Crippen molar-refractivity contribution in [3.05, 3.63) is 36.7 Å². The van der Waals surface area contributed by atoms with E-state index in [1.165, 1.54) is 23.4 Å². The molecule has 5 heteroatoms. The minimum absolute atomic E-state index is 0.351. The van der Waals surface area contributed by atoms with E-state index in [2.05, 4.69) is 21.3 Å². The van der Waals surface area contributed by atoms with Crippen molar-refractivity contribution in [3.63, 3.8) is 0 Å². The molecule has 1 aromatic carbocycles. The number of halogens is 1. The minimum Gasteiger partial charge on any atom is -0.374 e. The highest BCUT2D eigenvalue weighted by atomic mass is 19.1. The first-order chi connectivity index (χ1) is 7.81. The van der Waals surface area contributed by atoms with Gasteiger partial charge in [0.2, 0.25) is 0 Å². The molecular formula is C11H9FN4. The smallest absolute Gasteiger partial charge is 0.150 e. The summed E-state index contributed by atoms with van der Waals surface area (Å²) in [5.41, 5.74) is 0.989. The Morgan fingerprint density at radius 3 is 3.00 bits per heavy atom. The van der Waals surface area contributed by atoms with Gasteiger partial charge < -0.3 is 5.32 Å². The summed E-state index contributed by atoms with van der Waals surface area (Å²) in [6.07, 6.45) is 7.88.